The van der Waals surface area contributed by atoms with Crippen LogP contribution in [0.25, 0.3) is 0 Å². The monoisotopic (exact) mass is 274 g/mol. The Bertz CT molecular complexity index is 538. The molecule has 0 aliphatic heterocycles. The number of hydrogen-bond donors (Lipinski definition) is 1. The third-order valence-corrected chi connectivity index (χ3v) is 3.09. The van der Waals surface area contributed by atoms with Crippen LogP contribution in [0.15, 0.2) is 30.5 Å². The largest absolute Gasteiger partial charge is 0.494 e. The highest BCUT2D eigenvalue weighted by atomic mass is 16.5. The van der Waals surface area contributed by atoms with Gasteiger partial charge in [-0.2, -0.15) is 0 Å². The van der Waals surface area contributed by atoms with Gasteiger partial charge < -0.3 is 10.5 Å². The average Bonchev–Trinajstić information content (AvgIpc) is 2.93. The van der Waals surface area contributed by atoms with Crippen molar-refractivity contribution >= 4 is 0 Å². The first-order chi connectivity index (χ1) is 9.76. The molecule has 0 spiro atoms. The molecule has 2 aromatic rings. The van der Waals surface area contributed by atoms with Crippen LogP contribution in [0.4, 0.5) is 0 Å². The van der Waals surface area contributed by atoms with E-state index in [1.807, 2.05) is 28.9 Å². The molecule has 0 fully saturated rings. The standard InChI is InChI=1S/C15H22N4O/c1-3-8-19-14(11-17-18-19)15(16)12-6-5-7-13(10-12)20-9-4-2/h5-7,10-11,15H,3-4,8-9,16H2,1-2H3. The molecule has 0 aliphatic rings. The summed E-state index contributed by atoms with van der Waals surface area (Å²) in [5.74, 6) is 0.856. The van der Waals surface area contributed by atoms with E-state index >= 15 is 0 Å². The van der Waals surface area contributed by atoms with Gasteiger partial charge >= 0.3 is 0 Å². The van der Waals surface area contributed by atoms with Gasteiger partial charge in [-0.1, -0.05) is 31.2 Å². The minimum atomic E-state index is -0.235. The van der Waals surface area contributed by atoms with Crippen LogP contribution in [0.3, 0.4) is 0 Å². The lowest BCUT2D eigenvalue weighted by Crippen LogP contribution is -2.17. The van der Waals surface area contributed by atoms with E-state index in [1.165, 1.54) is 0 Å². The minimum absolute atomic E-state index is 0.235. The number of rotatable bonds is 7. The van der Waals surface area contributed by atoms with E-state index in [4.69, 9.17) is 10.5 Å². The Morgan fingerprint density at radius 1 is 1.30 bits per heavy atom. The summed E-state index contributed by atoms with van der Waals surface area (Å²) in [6.07, 6.45) is 3.73. The second kappa shape index (κ2) is 7.05. The van der Waals surface area contributed by atoms with Gasteiger partial charge in [0.1, 0.15) is 5.75 Å². The minimum Gasteiger partial charge on any atom is -0.494 e. The molecule has 1 atom stereocenters. The predicted octanol–water partition coefficient (Wildman–Crippen LogP) is 2.53. The third kappa shape index (κ3) is 3.36. The molecule has 1 heterocycles. The first-order valence-corrected chi connectivity index (χ1v) is 7.13. The lowest BCUT2D eigenvalue weighted by Gasteiger charge is -2.14. The van der Waals surface area contributed by atoms with Crippen molar-refractivity contribution in [1.29, 1.82) is 0 Å². The molecule has 5 nitrogen and oxygen atoms in total. The van der Waals surface area contributed by atoms with E-state index in [2.05, 4.69) is 24.2 Å². The topological polar surface area (TPSA) is 66.0 Å². The van der Waals surface area contributed by atoms with E-state index in [1.54, 1.807) is 6.20 Å². The lowest BCUT2D eigenvalue weighted by molar-refractivity contribution is 0.317. The molecular weight excluding hydrogens is 252 g/mol. The number of nitrogens with two attached hydrogens (primary N) is 1. The van der Waals surface area contributed by atoms with E-state index in [0.29, 0.717) is 6.61 Å². The predicted molar refractivity (Wildman–Crippen MR) is 78.6 cm³/mol. The van der Waals surface area contributed by atoms with Crippen LogP contribution in [0, 0.1) is 0 Å². The van der Waals surface area contributed by atoms with Gasteiger partial charge in [0.05, 0.1) is 24.5 Å². The first-order valence-electron chi connectivity index (χ1n) is 7.13. The van der Waals surface area contributed by atoms with E-state index < -0.39 is 0 Å². The van der Waals surface area contributed by atoms with Crippen LogP contribution in [0.2, 0.25) is 0 Å². The molecule has 5 heteroatoms. The highest BCUT2D eigenvalue weighted by Gasteiger charge is 2.15. The Hall–Kier alpha value is -1.88. The Labute approximate surface area is 119 Å². The Kier molecular flexibility index (Phi) is 5.12. The van der Waals surface area contributed by atoms with Crippen LogP contribution in [0.5, 0.6) is 5.75 Å². The van der Waals surface area contributed by atoms with Gasteiger partial charge in [0.15, 0.2) is 0 Å². The molecule has 20 heavy (non-hydrogen) atoms. The maximum atomic E-state index is 6.33. The maximum absolute atomic E-state index is 6.33. The van der Waals surface area contributed by atoms with Crippen LogP contribution in [0.1, 0.15) is 44.0 Å². The molecule has 1 unspecified atom stereocenters. The molecular formula is C15H22N4O. The number of benzene rings is 1. The molecule has 0 radical (unpaired) electrons. The highest BCUT2D eigenvalue weighted by Crippen LogP contribution is 2.23. The third-order valence-electron chi connectivity index (χ3n) is 3.09. The van der Waals surface area contributed by atoms with Crippen molar-refractivity contribution in [3.8, 4) is 5.75 Å². The summed E-state index contributed by atoms with van der Waals surface area (Å²) < 4.78 is 7.51. The maximum Gasteiger partial charge on any atom is 0.119 e. The summed E-state index contributed by atoms with van der Waals surface area (Å²) in [4.78, 5) is 0. The average molecular weight is 274 g/mol. The van der Waals surface area contributed by atoms with Crippen LogP contribution >= 0.6 is 0 Å². The number of hydrogen-bond acceptors (Lipinski definition) is 4. The van der Waals surface area contributed by atoms with Crippen LogP contribution in [-0.4, -0.2) is 21.6 Å². The number of ether oxygens (including phenoxy) is 1. The summed E-state index contributed by atoms with van der Waals surface area (Å²) >= 11 is 0. The zero-order chi connectivity index (χ0) is 14.4. The van der Waals surface area contributed by atoms with Crippen molar-refractivity contribution in [2.45, 2.75) is 39.3 Å². The van der Waals surface area contributed by atoms with Gasteiger partial charge in [-0.3, -0.25) is 0 Å². The van der Waals surface area contributed by atoms with Crippen molar-refractivity contribution in [3.63, 3.8) is 0 Å². The molecule has 1 aromatic carbocycles. The molecule has 1 aromatic heterocycles. The van der Waals surface area contributed by atoms with Crippen molar-refractivity contribution in [1.82, 2.24) is 15.0 Å². The number of aryl methyl sites for hydroxylation is 1. The molecule has 108 valence electrons. The Morgan fingerprint density at radius 2 is 2.15 bits per heavy atom. The van der Waals surface area contributed by atoms with Crippen molar-refractivity contribution in [3.05, 3.63) is 41.7 Å². The Balaban J connectivity index is 2.19. The quantitative estimate of drug-likeness (QED) is 0.842. The van der Waals surface area contributed by atoms with Crippen LogP contribution < -0.4 is 10.5 Å². The second-order valence-corrected chi connectivity index (χ2v) is 4.78. The fraction of sp³-hybridized carbons (Fsp3) is 0.467. The zero-order valence-corrected chi connectivity index (χ0v) is 12.1. The first kappa shape index (κ1) is 14.5. The SMILES string of the molecule is CCCOc1cccc(C(N)c2cnnn2CCC)c1. The fourth-order valence-corrected chi connectivity index (χ4v) is 2.08. The summed E-state index contributed by atoms with van der Waals surface area (Å²) in [7, 11) is 0. The molecule has 0 aliphatic carbocycles. The Morgan fingerprint density at radius 3 is 2.90 bits per heavy atom. The molecule has 0 saturated heterocycles. The van der Waals surface area contributed by atoms with E-state index in [9.17, 15) is 0 Å². The fourth-order valence-electron chi connectivity index (χ4n) is 2.08. The lowest BCUT2D eigenvalue weighted by atomic mass is 10.0. The van der Waals surface area contributed by atoms with Gasteiger partial charge in [-0.15, -0.1) is 5.10 Å². The van der Waals surface area contributed by atoms with E-state index in [-0.39, 0.29) is 6.04 Å². The van der Waals surface area contributed by atoms with Gasteiger partial charge in [-0.25, -0.2) is 4.68 Å². The summed E-state index contributed by atoms with van der Waals surface area (Å²) in [5, 5.41) is 8.04. The molecule has 0 saturated carbocycles. The number of aromatic nitrogens is 3. The number of nitrogens with zero attached hydrogens (tertiary/aromatic N) is 3. The van der Waals surface area contributed by atoms with E-state index in [0.717, 1.165) is 36.4 Å². The highest BCUT2D eigenvalue weighted by molar-refractivity contribution is 5.33. The zero-order valence-electron chi connectivity index (χ0n) is 12.1. The molecule has 0 bridgehead atoms. The van der Waals surface area contributed by atoms with Crippen molar-refractivity contribution in [2.24, 2.45) is 5.73 Å². The van der Waals surface area contributed by atoms with Gasteiger partial charge in [0.25, 0.3) is 0 Å². The molecule has 2 N–H and O–H groups in total. The molecule has 0 amide bonds. The summed E-state index contributed by atoms with van der Waals surface area (Å²) in [6.45, 7) is 5.74. The van der Waals surface area contributed by atoms with Crippen molar-refractivity contribution < 1.29 is 4.74 Å². The van der Waals surface area contributed by atoms with Crippen LogP contribution in [-0.2, 0) is 6.54 Å². The second-order valence-electron chi connectivity index (χ2n) is 4.78. The van der Waals surface area contributed by atoms with Crippen molar-refractivity contribution in [2.75, 3.05) is 6.61 Å². The van der Waals surface area contributed by atoms with Gasteiger partial charge in [0.2, 0.25) is 0 Å². The normalized spacial score (nSPS) is 12.3. The van der Waals surface area contributed by atoms with Gasteiger partial charge in [0, 0.05) is 6.54 Å². The van der Waals surface area contributed by atoms with Gasteiger partial charge in [-0.05, 0) is 30.5 Å². The molecule has 2 rings (SSSR count). The summed E-state index contributed by atoms with van der Waals surface area (Å²) in [5.41, 5.74) is 8.28. The smallest absolute Gasteiger partial charge is 0.119 e. The summed E-state index contributed by atoms with van der Waals surface area (Å²) in [6, 6.07) is 7.68.